The molecule has 2 amide bonds. The van der Waals surface area contributed by atoms with Gasteiger partial charge in [0.05, 0.1) is 19.1 Å². The van der Waals surface area contributed by atoms with Crippen molar-refractivity contribution < 1.29 is 14.3 Å². The van der Waals surface area contributed by atoms with E-state index in [-0.39, 0.29) is 17.7 Å². The van der Waals surface area contributed by atoms with Gasteiger partial charge in [-0.05, 0) is 19.1 Å². The lowest BCUT2D eigenvalue weighted by molar-refractivity contribution is -0.139. The Labute approximate surface area is 124 Å². The number of nitrogens with zero attached hydrogens (tertiary/aromatic N) is 2. The summed E-state index contributed by atoms with van der Waals surface area (Å²) in [6.07, 6.45) is 0.310. The van der Waals surface area contributed by atoms with Crippen molar-refractivity contribution in [2.75, 3.05) is 37.7 Å². The van der Waals surface area contributed by atoms with Crippen LogP contribution in [-0.4, -0.2) is 49.6 Å². The quantitative estimate of drug-likeness (QED) is 0.822. The van der Waals surface area contributed by atoms with Gasteiger partial charge in [0, 0.05) is 31.7 Å². The Balaban J connectivity index is 1.69. The number of amides is 2. The van der Waals surface area contributed by atoms with Crippen molar-refractivity contribution in [3.8, 4) is 0 Å². The first-order valence-corrected chi connectivity index (χ1v) is 7.39. The minimum atomic E-state index is -0.225. The number of rotatable bonds is 2. The van der Waals surface area contributed by atoms with Gasteiger partial charge in [-0.3, -0.25) is 9.59 Å². The Kier molecular flexibility index (Phi) is 3.92. The summed E-state index contributed by atoms with van der Waals surface area (Å²) in [5.41, 5.74) is 2.04. The van der Waals surface area contributed by atoms with E-state index in [1.165, 1.54) is 0 Å². The second kappa shape index (κ2) is 5.85. The van der Waals surface area contributed by atoms with Crippen LogP contribution in [-0.2, 0) is 14.3 Å². The standard InChI is InChI=1S/C16H20N2O3/c1-12-2-4-14(5-3-12)18-11-13(10-15(18)19)16(20)17-6-8-21-9-7-17/h2-5,13H,6-11H2,1H3. The SMILES string of the molecule is Cc1ccc(N2CC(C(=O)N3CCOCC3)CC2=O)cc1. The third-order valence-electron chi connectivity index (χ3n) is 4.14. The predicted molar refractivity (Wildman–Crippen MR) is 79.0 cm³/mol. The van der Waals surface area contributed by atoms with Gasteiger partial charge in [0.15, 0.2) is 0 Å². The molecule has 2 heterocycles. The van der Waals surface area contributed by atoms with Crippen LogP contribution in [0.5, 0.6) is 0 Å². The van der Waals surface area contributed by atoms with Crippen LogP contribution in [0.25, 0.3) is 0 Å². The largest absolute Gasteiger partial charge is 0.378 e. The molecule has 0 aliphatic carbocycles. The first-order chi connectivity index (χ1) is 10.1. The van der Waals surface area contributed by atoms with Crippen LogP contribution >= 0.6 is 0 Å². The number of aryl methyl sites for hydroxylation is 1. The molecule has 1 atom stereocenters. The normalized spacial score (nSPS) is 22.7. The zero-order valence-electron chi connectivity index (χ0n) is 12.2. The highest BCUT2D eigenvalue weighted by Crippen LogP contribution is 2.26. The van der Waals surface area contributed by atoms with E-state index in [0.717, 1.165) is 11.3 Å². The maximum Gasteiger partial charge on any atom is 0.228 e. The van der Waals surface area contributed by atoms with Crippen LogP contribution in [0.4, 0.5) is 5.69 Å². The summed E-state index contributed by atoms with van der Waals surface area (Å²) in [6.45, 7) is 4.95. The van der Waals surface area contributed by atoms with E-state index in [1.54, 1.807) is 4.90 Å². The van der Waals surface area contributed by atoms with E-state index in [2.05, 4.69) is 0 Å². The first kappa shape index (κ1) is 14.1. The summed E-state index contributed by atoms with van der Waals surface area (Å²) in [5.74, 6) is -0.108. The summed E-state index contributed by atoms with van der Waals surface area (Å²) in [6, 6.07) is 7.85. The van der Waals surface area contributed by atoms with Gasteiger partial charge in [-0.25, -0.2) is 0 Å². The molecule has 2 aliphatic rings. The third-order valence-corrected chi connectivity index (χ3v) is 4.14. The molecule has 0 bridgehead atoms. The van der Waals surface area contributed by atoms with E-state index in [9.17, 15) is 9.59 Å². The van der Waals surface area contributed by atoms with Crippen LogP contribution in [0.1, 0.15) is 12.0 Å². The zero-order valence-corrected chi connectivity index (χ0v) is 12.2. The van der Waals surface area contributed by atoms with Crippen molar-refractivity contribution in [3.63, 3.8) is 0 Å². The summed E-state index contributed by atoms with van der Waals surface area (Å²) in [5, 5.41) is 0. The van der Waals surface area contributed by atoms with Crippen molar-refractivity contribution in [2.45, 2.75) is 13.3 Å². The fraction of sp³-hybridized carbons (Fsp3) is 0.500. The molecule has 0 spiro atoms. The molecule has 5 nitrogen and oxygen atoms in total. The molecule has 2 fully saturated rings. The van der Waals surface area contributed by atoms with Gasteiger partial charge < -0.3 is 14.5 Å². The Bertz CT molecular complexity index is 535. The van der Waals surface area contributed by atoms with E-state index >= 15 is 0 Å². The Morgan fingerprint density at radius 2 is 1.86 bits per heavy atom. The van der Waals surface area contributed by atoms with Crippen LogP contribution in [0.3, 0.4) is 0 Å². The van der Waals surface area contributed by atoms with Crippen LogP contribution < -0.4 is 4.90 Å². The number of carbonyl (C=O) groups excluding carboxylic acids is 2. The first-order valence-electron chi connectivity index (χ1n) is 7.39. The minimum absolute atomic E-state index is 0.0328. The molecule has 1 unspecified atom stereocenters. The van der Waals surface area contributed by atoms with Gasteiger partial charge in [-0.1, -0.05) is 17.7 Å². The van der Waals surface area contributed by atoms with Crippen LogP contribution in [0, 0.1) is 12.8 Å². The Hall–Kier alpha value is -1.88. The highest BCUT2D eigenvalue weighted by Gasteiger charge is 2.37. The van der Waals surface area contributed by atoms with Gasteiger partial charge in [0.2, 0.25) is 11.8 Å². The molecule has 2 aliphatic heterocycles. The van der Waals surface area contributed by atoms with Gasteiger partial charge in [-0.2, -0.15) is 0 Å². The highest BCUT2D eigenvalue weighted by atomic mass is 16.5. The summed E-state index contributed by atoms with van der Waals surface area (Å²) >= 11 is 0. The average Bonchev–Trinajstić information content (AvgIpc) is 2.90. The van der Waals surface area contributed by atoms with Crippen LogP contribution in [0.15, 0.2) is 24.3 Å². The van der Waals surface area contributed by atoms with Gasteiger partial charge in [0.1, 0.15) is 0 Å². The van der Waals surface area contributed by atoms with E-state index in [1.807, 2.05) is 36.1 Å². The Morgan fingerprint density at radius 3 is 2.52 bits per heavy atom. The number of hydrogen-bond donors (Lipinski definition) is 0. The lowest BCUT2D eigenvalue weighted by Crippen LogP contribution is -2.44. The second-order valence-electron chi connectivity index (χ2n) is 5.68. The van der Waals surface area contributed by atoms with Gasteiger partial charge in [0.25, 0.3) is 0 Å². The van der Waals surface area contributed by atoms with E-state index in [4.69, 9.17) is 4.74 Å². The van der Waals surface area contributed by atoms with Crippen molar-refractivity contribution in [1.82, 2.24) is 4.90 Å². The molecule has 21 heavy (non-hydrogen) atoms. The number of ether oxygens (including phenoxy) is 1. The average molecular weight is 288 g/mol. The molecule has 2 saturated heterocycles. The van der Waals surface area contributed by atoms with Gasteiger partial charge >= 0.3 is 0 Å². The summed E-state index contributed by atoms with van der Waals surface area (Å²) in [4.78, 5) is 28.2. The van der Waals surface area contributed by atoms with E-state index in [0.29, 0.717) is 39.3 Å². The molecule has 0 aromatic heterocycles. The fourth-order valence-electron chi connectivity index (χ4n) is 2.89. The lowest BCUT2D eigenvalue weighted by atomic mass is 10.1. The second-order valence-corrected chi connectivity index (χ2v) is 5.68. The van der Waals surface area contributed by atoms with Gasteiger partial charge in [-0.15, -0.1) is 0 Å². The number of hydrogen-bond acceptors (Lipinski definition) is 3. The molecule has 1 aromatic rings. The zero-order chi connectivity index (χ0) is 14.8. The number of carbonyl (C=O) groups is 2. The maximum atomic E-state index is 12.5. The summed E-state index contributed by atoms with van der Waals surface area (Å²) in [7, 11) is 0. The molecule has 112 valence electrons. The third kappa shape index (κ3) is 2.93. The van der Waals surface area contributed by atoms with Crippen molar-refractivity contribution in [2.24, 2.45) is 5.92 Å². The molecule has 5 heteroatoms. The topological polar surface area (TPSA) is 49.9 Å². The van der Waals surface area contributed by atoms with Crippen molar-refractivity contribution in [3.05, 3.63) is 29.8 Å². The monoisotopic (exact) mass is 288 g/mol. The smallest absolute Gasteiger partial charge is 0.228 e. The molecule has 0 saturated carbocycles. The lowest BCUT2D eigenvalue weighted by Gasteiger charge is -2.29. The highest BCUT2D eigenvalue weighted by molar-refractivity contribution is 6.00. The molecular formula is C16H20N2O3. The number of benzene rings is 1. The number of morpholine rings is 1. The molecule has 1 aromatic carbocycles. The van der Waals surface area contributed by atoms with Crippen molar-refractivity contribution in [1.29, 1.82) is 0 Å². The number of anilines is 1. The fourth-order valence-corrected chi connectivity index (χ4v) is 2.89. The molecule has 3 rings (SSSR count). The predicted octanol–water partition coefficient (Wildman–Crippen LogP) is 1.21. The van der Waals surface area contributed by atoms with Crippen molar-refractivity contribution >= 4 is 17.5 Å². The minimum Gasteiger partial charge on any atom is -0.378 e. The Morgan fingerprint density at radius 1 is 1.19 bits per heavy atom. The summed E-state index contributed by atoms with van der Waals surface area (Å²) < 4.78 is 5.26. The van der Waals surface area contributed by atoms with Crippen LogP contribution in [0.2, 0.25) is 0 Å². The molecule has 0 radical (unpaired) electrons. The maximum absolute atomic E-state index is 12.5. The van der Waals surface area contributed by atoms with E-state index < -0.39 is 0 Å². The molecule has 0 N–H and O–H groups in total. The molecular weight excluding hydrogens is 268 g/mol.